The number of rotatable bonds is 12. The van der Waals surface area contributed by atoms with Gasteiger partial charge in [-0.2, -0.15) is 0 Å². The predicted molar refractivity (Wildman–Crippen MR) is 150 cm³/mol. The molecule has 3 aromatic carbocycles. The average molecular weight is 523 g/mol. The average Bonchev–Trinajstić information content (AvgIpc) is 2.87. The summed E-state index contributed by atoms with van der Waals surface area (Å²) in [5.74, 6) is 0.462. The van der Waals surface area contributed by atoms with Crippen molar-refractivity contribution in [3.8, 4) is 0 Å². The molecular formula is C30H35ClN2O2S. The van der Waals surface area contributed by atoms with E-state index >= 15 is 0 Å². The Hall–Kier alpha value is -2.76. The van der Waals surface area contributed by atoms with E-state index in [1.807, 2.05) is 68.4 Å². The van der Waals surface area contributed by atoms with Gasteiger partial charge in [-0.3, -0.25) is 9.59 Å². The van der Waals surface area contributed by atoms with Crippen molar-refractivity contribution in [2.24, 2.45) is 0 Å². The van der Waals surface area contributed by atoms with Gasteiger partial charge in [0.25, 0.3) is 0 Å². The number of nitrogens with zero attached hydrogens (tertiary/aromatic N) is 1. The van der Waals surface area contributed by atoms with Crippen molar-refractivity contribution in [2.45, 2.75) is 63.6 Å². The Morgan fingerprint density at radius 2 is 1.67 bits per heavy atom. The highest BCUT2D eigenvalue weighted by Gasteiger charge is 2.30. The number of thioether (sulfide) groups is 1. The second-order valence-electron chi connectivity index (χ2n) is 9.09. The maximum atomic E-state index is 13.7. The fourth-order valence-corrected chi connectivity index (χ4v) is 4.92. The minimum Gasteiger partial charge on any atom is -0.352 e. The molecule has 0 saturated heterocycles. The summed E-state index contributed by atoms with van der Waals surface area (Å²) < 4.78 is 0. The van der Waals surface area contributed by atoms with Gasteiger partial charge in [0.2, 0.25) is 11.8 Å². The van der Waals surface area contributed by atoms with Crippen LogP contribution in [0.15, 0.2) is 83.8 Å². The number of hydrogen-bond donors (Lipinski definition) is 1. The van der Waals surface area contributed by atoms with Gasteiger partial charge in [-0.15, -0.1) is 11.8 Å². The quantitative estimate of drug-likeness (QED) is 0.270. The van der Waals surface area contributed by atoms with Gasteiger partial charge in [-0.05, 0) is 55.7 Å². The molecule has 2 amide bonds. The van der Waals surface area contributed by atoms with Crippen molar-refractivity contribution >= 4 is 35.2 Å². The van der Waals surface area contributed by atoms with Crippen molar-refractivity contribution in [3.63, 3.8) is 0 Å². The monoisotopic (exact) mass is 522 g/mol. The second-order valence-corrected chi connectivity index (χ2v) is 10.7. The normalized spacial score (nSPS) is 12.6. The number of benzene rings is 3. The van der Waals surface area contributed by atoms with Crippen LogP contribution in [0.5, 0.6) is 0 Å². The number of nitrogens with one attached hydrogen (secondary N) is 1. The van der Waals surface area contributed by atoms with Crippen LogP contribution in [0.25, 0.3) is 0 Å². The van der Waals surface area contributed by atoms with Crippen LogP contribution < -0.4 is 5.32 Å². The summed E-state index contributed by atoms with van der Waals surface area (Å²) in [7, 11) is 0. The zero-order chi connectivity index (χ0) is 25.9. The maximum Gasteiger partial charge on any atom is 0.243 e. The molecule has 6 heteroatoms. The van der Waals surface area contributed by atoms with Crippen LogP contribution in [0.2, 0.25) is 5.02 Å². The van der Waals surface area contributed by atoms with E-state index in [0.29, 0.717) is 30.2 Å². The van der Waals surface area contributed by atoms with Gasteiger partial charge in [0.15, 0.2) is 0 Å². The molecule has 0 aliphatic rings. The molecule has 0 heterocycles. The number of carbonyl (C=O) groups is 2. The van der Waals surface area contributed by atoms with Crippen LogP contribution in [0.4, 0.5) is 0 Å². The van der Waals surface area contributed by atoms with Crippen LogP contribution in [-0.4, -0.2) is 34.6 Å². The van der Waals surface area contributed by atoms with Gasteiger partial charge in [-0.25, -0.2) is 0 Å². The summed E-state index contributed by atoms with van der Waals surface area (Å²) in [6.45, 7) is 6.40. The minimum absolute atomic E-state index is 0.0241. The molecule has 0 bridgehead atoms. The molecule has 0 spiro atoms. The van der Waals surface area contributed by atoms with Gasteiger partial charge < -0.3 is 10.2 Å². The number of hydrogen-bond acceptors (Lipinski definition) is 3. The summed E-state index contributed by atoms with van der Waals surface area (Å²) in [5, 5.41) is 3.72. The fraction of sp³-hybridized carbons (Fsp3) is 0.333. The van der Waals surface area contributed by atoms with E-state index in [-0.39, 0.29) is 17.9 Å². The van der Waals surface area contributed by atoms with Crippen molar-refractivity contribution in [3.05, 3.63) is 101 Å². The van der Waals surface area contributed by atoms with Crippen molar-refractivity contribution in [1.82, 2.24) is 10.2 Å². The number of amides is 2. The van der Waals surface area contributed by atoms with E-state index in [0.717, 1.165) is 22.4 Å². The molecule has 36 heavy (non-hydrogen) atoms. The Balaban J connectivity index is 1.85. The fourth-order valence-electron chi connectivity index (χ4n) is 3.86. The molecule has 1 N–H and O–H groups in total. The summed E-state index contributed by atoms with van der Waals surface area (Å²) in [6.07, 6.45) is 1.60. The highest BCUT2D eigenvalue weighted by atomic mass is 35.5. The SMILES string of the molecule is CC[C@H](C)NC(=O)[C@@H](Cc1ccccc1)N(Cc1cccc(Cl)c1)C(=O)CCSc1ccc(C)cc1. The third-order valence-electron chi connectivity index (χ3n) is 6.12. The van der Waals surface area contributed by atoms with Gasteiger partial charge in [0.1, 0.15) is 6.04 Å². The number of carbonyl (C=O) groups excluding carboxylic acids is 2. The maximum absolute atomic E-state index is 13.7. The molecule has 190 valence electrons. The molecule has 0 saturated carbocycles. The lowest BCUT2D eigenvalue weighted by Crippen LogP contribution is -2.52. The van der Waals surface area contributed by atoms with E-state index in [4.69, 9.17) is 11.6 Å². The molecule has 3 aromatic rings. The lowest BCUT2D eigenvalue weighted by Gasteiger charge is -2.32. The first kappa shape index (κ1) is 27.8. The van der Waals surface area contributed by atoms with E-state index in [1.54, 1.807) is 16.7 Å². The summed E-state index contributed by atoms with van der Waals surface area (Å²) in [4.78, 5) is 30.0. The van der Waals surface area contributed by atoms with Crippen LogP contribution in [-0.2, 0) is 22.6 Å². The first-order valence-corrected chi connectivity index (χ1v) is 13.8. The number of halogens is 1. The third-order valence-corrected chi connectivity index (χ3v) is 7.37. The first-order chi connectivity index (χ1) is 17.4. The Kier molecular flexibility index (Phi) is 10.9. The van der Waals surface area contributed by atoms with E-state index in [2.05, 4.69) is 36.5 Å². The van der Waals surface area contributed by atoms with E-state index in [1.165, 1.54) is 5.56 Å². The Bertz CT molecular complexity index is 1120. The topological polar surface area (TPSA) is 49.4 Å². The molecule has 0 radical (unpaired) electrons. The smallest absolute Gasteiger partial charge is 0.243 e. The Labute approximate surface area is 224 Å². The van der Waals surface area contributed by atoms with E-state index < -0.39 is 6.04 Å². The zero-order valence-corrected chi connectivity index (χ0v) is 22.8. The lowest BCUT2D eigenvalue weighted by atomic mass is 10.0. The molecule has 3 rings (SSSR count). The second kappa shape index (κ2) is 14.1. The predicted octanol–water partition coefficient (Wildman–Crippen LogP) is 6.69. The van der Waals surface area contributed by atoms with Crippen LogP contribution in [0, 0.1) is 6.92 Å². The Morgan fingerprint density at radius 3 is 2.33 bits per heavy atom. The largest absolute Gasteiger partial charge is 0.352 e. The summed E-state index contributed by atoms with van der Waals surface area (Å²) in [5.41, 5.74) is 3.12. The van der Waals surface area contributed by atoms with Crippen molar-refractivity contribution in [2.75, 3.05) is 5.75 Å². The van der Waals surface area contributed by atoms with Crippen molar-refractivity contribution in [1.29, 1.82) is 0 Å². The molecule has 0 aliphatic carbocycles. The molecule has 0 aliphatic heterocycles. The van der Waals surface area contributed by atoms with E-state index in [9.17, 15) is 9.59 Å². The Morgan fingerprint density at radius 1 is 0.972 bits per heavy atom. The van der Waals surface area contributed by atoms with Crippen LogP contribution in [0.3, 0.4) is 0 Å². The molecule has 4 nitrogen and oxygen atoms in total. The first-order valence-electron chi connectivity index (χ1n) is 12.4. The van der Waals surface area contributed by atoms with Crippen LogP contribution >= 0.6 is 23.4 Å². The van der Waals surface area contributed by atoms with Gasteiger partial charge in [-0.1, -0.05) is 78.7 Å². The standard InChI is InChI=1S/C30H35ClN2O2S/c1-4-23(3)32-30(35)28(20-24-9-6-5-7-10-24)33(21-25-11-8-12-26(31)19-25)29(34)17-18-36-27-15-13-22(2)14-16-27/h5-16,19,23,28H,4,17-18,20-21H2,1-3H3,(H,32,35)/t23-,28+/m0/s1. The molecule has 0 aromatic heterocycles. The van der Waals surface area contributed by atoms with Crippen molar-refractivity contribution < 1.29 is 9.59 Å². The zero-order valence-electron chi connectivity index (χ0n) is 21.2. The molecule has 2 atom stereocenters. The summed E-state index contributed by atoms with van der Waals surface area (Å²) in [6, 6.07) is 25.0. The highest BCUT2D eigenvalue weighted by molar-refractivity contribution is 7.99. The number of aryl methyl sites for hydroxylation is 1. The third kappa shape index (κ3) is 8.72. The lowest BCUT2D eigenvalue weighted by molar-refractivity contribution is -0.141. The molecule has 0 fully saturated rings. The molecular weight excluding hydrogens is 488 g/mol. The highest BCUT2D eigenvalue weighted by Crippen LogP contribution is 2.22. The van der Waals surface area contributed by atoms with Gasteiger partial charge in [0.05, 0.1) is 0 Å². The van der Waals surface area contributed by atoms with Gasteiger partial charge in [0, 0.05) is 41.1 Å². The van der Waals surface area contributed by atoms with Crippen LogP contribution in [0.1, 0.15) is 43.4 Å². The summed E-state index contributed by atoms with van der Waals surface area (Å²) >= 11 is 7.90. The van der Waals surface area contributed by atoms with Gasteiger partial charge >= 0.3 is 0 Å². The molecule has 0 unspecified atom stereocenters. The minimum atomic E-state index is -0.628.